The summed E-state index contributed by atoms with van der Waals surface area (Å²) in [5, 5.41) is 12.6. The van der Waals surface area contributed by atoms with E-state index in [1.807, 2.05) is 13.8 Å². The minimum atomic E-state index is -1.08. The lowest BCUT2D eigenvalue weighted by atomic mass is 9.99. The molecule has 2 unspecified atom stereocenters. The van der Waals surface area contributed by atoms with Crippen molar-refractivity contribution in [3.05, 3.63) is 39.7 Å². The topological polar surface area (TPSA) is 106 Å². The van der Waals surface area contributed by atoms with E-state index in [9.17, 15) is 19.5 Å². The van der Waals surface area contributed by atoms with Crippen molar-refractivity contribution in [1.82, 2.24) is 5.32 Å². The van der Waals surface area contributed by atoms with Crippen LogP contribution in [0.4, 0.5) is 0 Å². The fourth-order valence-electron chi connectivity index (χ4n) is 2.90. The van der Waals surface area contributed by atoms with Crippen molar-refractivity contribution in [3.63, 3.8) is 0 Å². The van der Waals surface area contributed by atoms with Crippen molar-refractivity contribution in [2.45, 2.75) is 46.6 Å². The van der Waals surface area contributed by atoms with Gasteiger partial charge in [-0.25, -0.2) is 9.59 Å². The maximum absolute atomic E-state index is 12.1. The first-order valence-corrected chi connectivity index (χ1v) is 8.99. The van der Waals surface area contributed by atoms with Gasteiger partial charge < -0.3 is 19.6 Å². The molecule has 0 aliphatic rings. The van der Waals surface area contributed by atoms with Crippen molar-refractivity contribution in [1.29, 1.82) is 0 Å². The standard InChI is InChI=1S/C20H25NO6/c1-5-11(3)18(20(24)25)21-16(22)10-26-15-8-7-14-13(6-2)9-17(23)27-19(14)12(15)4/h7-9,11,18H,5-6,10H2,1-4H3,(H,21,22)(H,24,25). The Balaban J connectivity index is 2.17. The summed E-state index contributed by atoms with van der Waals surface area (Å²) in [5.41, 5.74) is 1.49. The van der Waals surface area contributed by atoms with Crippen LogP contribution in [0.5, 0.6) is 5.75 Å². The molecule has 0 saturated heterocycles. The predicted octanol–water partition coefficient (Wildman–Crippen LogP) is 2.66. The quantitative estimate of drug-likeness (QED) is 0.687. The predicted molar refractivity (Wildman–Crippen MR) is 101 cm³/mol. The monoisotopic (exact) mass is 375 g/mol. The number of fused-ring (bicyclic) bond motifs is 1. The summed E-state index contributed by atoms with van der Waals surface area (Å²) in [4.78, 5) is 35.2. The number of aliphatic carboxylic acids is 1. The Bertz CT molecular complexity index is 901. The average molecular weight is 375 g/mol. The van der Waals surface area contributed by atoms with E-state index in [1.54, 1.807) is 26.0 Å². The highest BCUT2D eigenvalue weighted by Gasteiger charge is 2.25. The number of rotatable bonds is 8. The molecule has 0 radical (unpaired) electrons. The van der Waals surface area contributed by atoms with Gasteiger partial charge >= 0.3 is 11.6 Å². The molecule has 2 N–H and O–H groups in total. The van der Waals surface area contributed by atoms with Crippen molar-refractivity contribution in [3.8, 4) is 5.75 Å². The third-order valence-corrected chi connectivity index (χ3v) is 4.73. The first-order valence-electron chi connectivity index (χ1n) is 8.99. The van der Waals surface area contributed by atoms with Crippen LogP contribution in [0.1, 0.15) is 38.3 Å². The number of hydrogen-bond acceptors (Lipinski definition) is 5. The Hall–Kier alpha value is -2.83. The molecule has 1 heterocycles. The Labute approximate surface area is 157 Å². The fourth-order valence-corrected chi connectivity index (χ4v) is 2.90. The van der Waals surface area contributed by atoms with Gasteiger partial charge in [-0.1, -0.05) is 27.2 Å². The van der Waals surface area contributed by atoms with E-state index in [0.29, 0.717) is 29.7 Å². The van der Waals surface area contributed by atoms with Crippen LogP contribution in [0.15, 0.2) is 27.4 Å². The van der Waals surface area contributed by atoms with Gasteiger partial charge in [-0.05, 0) is 37.0 Å². The number of aryl methyl sites for hydroxylation is 2. The highest BCUT2D eigenvalue weighted by atomic mass is 16.5. The van der Waals surface area contributed by atoms with E-state index in [-0.39, 0.29) is 12.5 Å². The minimum Gasteiger partial charge on any atom is -0.483 e. The summed E-state index contributed by atoms with van der Waals surface area (Å²) >= 11 is 0. The van der Waals surface area contributed by atoms with Crippen LogP contribution in [0.3, 0.4) is 0 Å². The van der Waals surface area contributed by atoms with Crippen LogP contribution in [0.25, 0.3) is 11.0 Å². The molecule has 146 valence electrons. The smallest absolute Gasteiger partial charge is 0.336 e. The van der Waals surface area contributed by atoms with Crippen molar-refractivity contribution < 1.29 is 23.8 Å². The van der Waals surface area contributed by atoms with E-state index in [4.69, 9.17) is 9.15 Å². The van der Waals surface area contributed by atoms with E-state index >= 15 is 0 Å². The second-order valence-electron chi connectivity index (χ2n) is 6.57. The van der Waals surface area contributed by atoms with Crippen LogP contribution in [-0.2, 0) is 16.0 Å². The molecule has 2 aromatic rings. The molecule has 7 heteroatoms. The maximum Gasteiger partial charge on any atom is 0.336 e. The molecule has 1 aromatic heterocycles. The first-order chi connectivity index (χ1) is 12.8. The maximum atomic E-state index is 12.1. The number of benzene rings is 1. The second-order valence-corrected chi connectivity index (χ2v) is 6.57. The molecule has 27 heavy (non-hydrogen) atoms. The van der Waals surface area contributed by atoms with Crippen molar-refractivity contribution in [2.24, 2.45) is 5.92 Å². The Morgan fingerprint density at radius 2 is 2.00 bits per heavy atom. The summed E-state index contributed by atoms with van der Waals surface area (Å²) < 4.78 is 10.9. The first kappa shape index (κ1) is 20.5. The van der Waals surface area contributed by atoms with Gasteiger partial charge in [0.1, 0.15) is 17.4 Å². The van der Waals surface area contributed by atoms with Gasteiger partial charge in [-0.2, -0.15) is 0 Å². The van der Waals surface area contributed by atoms with Crippen LogP contribution in [-0.4, -0.2) is 29.6 Å². The highest BCUT2D eigenvalue weighted by Crippen LogP contribution is 2.28. The van der Waals surface area contributed by atoms with Crippen molar-refractivity contribution in [2.75, 3.05) is 6.61 Å². The van der Waals surface area contributed by atoms with Gasteiger partial charge in [0.2, 0.25) is 0 Å². The lowest BCUT2D eigenvalue weighted by Crippen LogP contribution is -2.46. The Kier molecular flexibility index (Phi) is 6.60. The molecular weight excluding hydrogens is 350 g/mol. The normalized spacial score (nSPS) is 13.2. The van der Waals surface area contributed by atoms with Gasteiger partial charge in [0.15, 0.2) is 6.61 Å². The van der Waals surface area contributed by atoms with E-state index in [2.05, 4.69) is 5.32 Å². The van der Waals surface area contributed by atoms with Gasteiger partial charge in [0, 0.05) is 17.0 Å². The number of ether oxygens (including phenoxy) is 1. The van der Waals surface area contributed by atoms with Gasteiger partial charge in [-0.15, -0.1) is 0 Å². The number of carbonyl (C=O) groups excluding carboxylic acids is 1. The molecule has 0 fully saturated rings. The molecule has 0 spiro atoms. The lowest BCUT2D eigenvalue weighted by molar-refractivity contribution is -0.143. The third kappa shape index (κ3) is 4.67. The molecule has 7 nitrogen and oxygen atoms in total. The molecule has 2 atom stereocenters. The van der Waals surface area contributed by atoms with Crippen LogP contribution < -0.4 is 15.7 Å². The molecule has 2 rings (SSSR count). The lowest BCUT2D eigenvalue weighted by Gasteiger charge is -2.20. The molecule has 0 bridgehead atoms. The molecule has 0 saturated carbocycles. The summed E-state index contributed by atoms with van der Waals surface area (Å²) in [6, 6.07) is 4.01. The molecular formula is C20H25NO6. The Morgan fingerprint density at radius 3 is 2.59 bits per heavy atom. The number of amides is 1. The number of carboxylic acids is 1. The van der Waals surface area contributed by atoms with Crippen LogP contribution in [0.2, 0.25) is 0 Å². The number of hydrogen-bond donors (Lipinski definition) is 2. The molecule has 0 aliphatic carbocycles. The molecule has 1 aromatic carbocycles. The zero-order valence-corrected chi connectivity index (χ0v) is 16.0. The summed E-state index contributed by atoms with van der Waals surface area (Å²) in [7, 11) is 0. The summed E-state index contributed by atoms with van der Waals surface area (Å²) in [5.74, 6) is -1.39. The highest BCUT2D eigenvalue weighted by molar-refractivity contribution is 5.86. The summed E-state index contributed by atoms with van der Waals surface area (Å²) in [6.07, 6.45) is 1.32. The zero-order valence-electron chi connectivity index (χ0n) is 16.0. The summed E-state index contributed by atoms with van der Waals surface area (Å²) in [6.45, 7) is 7.00. The van der Waals surface area contributed by atoms with Gasteiger partial charge in [0.25, 0.3) is 5.91 Å². The van der Waals surface area contributed by atoms with E-state index < -0.39 is 23.5 Å². The number of carboxylic acid groups (broad SMARTS) is 1. The van der Waals surface area contributed by atoms with Gasteiger partial charge in [0.05, 0.1) is 0 Å². The molecule has 0 aliphatic heterocycles. The number of nitrogens with one attached hydrogen (secondary N) is 1. The van der Waals surface area contributed by atoms with Crippen LogP contribution >= 0.6 is 0 Å². The largest absolute Gasteiger partial charge is 0.483 e. The van der Waals surface area contributed by atoms with E-state index in [1.165, 1.54) is 6.07 Å². The Morgan fingerprint density at radius 1 is 1.30 bits per heavy atom. The van der Waals surface area contributed by atoms with Gasteiger partial charge in [-0.3, -0.25) is 4.79 Å². The van der Waals surface area contributed by atoms with Crippen LogP contribution in [0, 0.1) is 12.8 Å². The van der Waals surface area contributed by atoms with Crippen molar-refractivity contribution >= 4 is 22.8 Å². The minimum absolute atomic E-state index is 0.199. The third-order valence-electron chi connectivity index (χ3n) is 4.73. The zero-order chi connectivity index (χ0) is 20.1. The number of carbonyl (C=O) groups is 2. The molecule has 1 amide bonds. The SMILES string of the molecule is CCc1cc(=O)oc2c(C)c(OCC(=O)NC(C(=O)O)C(C)CC)ccc12. The van der Waals surface area contributed by atoms with E-state index in [0.717, 1.165) is 10.9 Å². The average Bonchev–Trinajstić information content (AvgIpc) is 2.64. The fraction of sp³-hybridized carbons (Fsp3) is 0.450. The second kappa shape index (κ2) is 8.70.